The summed E-state index contributed by atoms with van der Waals surface area (Å²) in [6.07, 6.45) is 1.55. The molecule has 0 aliphatic heterocycles. The summed E-state index contributed by atoms with van der Waals surface area (Å²) in [6, 6.07) is 3.51. The number of aromatic nitrogens is 2. The van der Waals surface area contributed by atoms with E-state index in [1.54, 1.807) is 12.4 Å². The van der Waals surface area contributed by atoms with Crippen LogP contribution in [0.2, 0.25) is 0 Å². The van der Waals surface area contributed by atoms with Crippen molar-refractivity contribution in [3.63, 3.8) is 0 Å². The highest BCUT2D eigenvalue weighted by Gasteiger charge is 2.10. The van der Waals surface area contributed by atoms with Crippen molar-refractivity contribution in [2.75, 3.05) is 0 Å². The van der Waals surface area contributed by atoms with Gasteiger partial charge in [-0.05, 0) is 46.3 Å². The van der Waals surface area contributed by atoms with E-state index in [-0.39, 0.29) is 0 Å². The lowest BCUT2D eigenvalue weighted by molar-refractivity contribution is 0.108. The summed E-state index contributed by atoms with van der Waals surface area (Å²) in [5, 5.41) is -0.467. The average molecular weight is 306 g/mol. The molecule has 0 aliphatic rings. The van der Waals surface area contributed by atoms with Gasteiger partial charge in [0.2, 0.25) is 0 Å². The van der Waals surface area contributed by atoms with Crippen LogP contribution in [0.1, 0.15) is 10.4 Å². The smallest absolute Gasteiger partial charge is 0.254 e. The predicted octanol–water partition coefficient (Wildman–Crippen LogP) is 2.55. The molecule has 5 heteroatoms. The minimum atomic E-state index is -0.467. The lowest BCUT2D eigenvalue weighted by atomic mass is 10.2. The SMILES string of the molecule is O=C(Cl)c1ccc(I)c2nc[nH]c12. The van der Waals surface area contributed by atoms with Crippen molar-refractivity contribution in [1.29, 1.82) is 0 Å². The number of hydrogen-bond donors (Lipinski definition) is 1. The number of hydrogen-bond acceptors (Lipinski definition) is 2. The second kappa shape index (κ2) is 3.26. The van der Waals surface area contributed by atoms with Gasteiger partial charge < -0.3 is 4.98 Å². The van der Waals surface area contributed by atoms with Crippen molar-refractivity contribution in [3.8, 4) is 0 Å². The monoisotopic (exact) mass is 306 g/mol. The van der Waals surface area contributed by atoms with E-state index in [9.17, 15) is 4.79 Å². The van der Waals surface area contributed by atoms with Gasteiger partial charge in [-0.1, -0.05) is 0 Å². The Morgan fingerprint density at radius 2 is 2.31 bits per heavy atom. The molecule has 0 bridgehead atoms. The normalized spacial score (nSPS) is 10.6. The zero-order valence-corrected chi connectivity index (χ0v) is 9.26. The first-order valence-electron chi connectivity index (χ1n) is 3.51. The molecule has 2 aromatic rings. The lowest BCUT2D eigenvalue weighted by Gasteiger charge is -1.97. The number of H-pyrrole nitrogens is 1. The van der Waals surface area contributed by atoms with Crippen LogP contribution in [-0.2, 0) is 0 Å². The van der Waals surface area contributed by atoms with Crippen LogP contribution in [-0.4, -0.2) is 15.2 Å². The number of carbonyl (C=O) groups excluding carboxylic acids is 1. The fourth-order valence-electron chi connectivity index (χ4n) is 1.16. The van der Waals surface area contributed by atoms with Gasteiger partial charge in [0.15, 0.2) is 0 Å². The van der Waals surface area contributed by atoms with Crippen molar-refractivity contribution in [3.05, 3.63) is 27.6 Å². The van der Waals surface area contributed by atoms with Crippen LogP contribution >= 0.6 is 34.2 Å². The molecular weight excluding hydrogens is 302 g/mol. The van der Waals surface area contributed by atoms with Crippen LogP contribution in [0.25, 0.3) is 11.0 Å². The zero-order chi connectivity index (χ0) is 9.42. The minimum Gasteiger partial charge on any atom is -0.344 e. The molecule has 0 aliphatic carbocycles. The molecule has 0 atom stereocenters. The quantitative estimate of drug-likeness (QED) is 0.650. The van der Waals surface area contributed by atoms with E-state index in [2.05, 4.69) is 32.6 Å². The van der Waals surface area contributed by atoms with Gasteiger partial charge in [-0.25, -0.2) is 4.98 Å². The molecule has 0 unspecified atom stereocenters. The van der Waals surface area contributed by atoms with Crippen LogP contribution in [0.3, 0.4) is 0 Å². The molecule has 1 N–H and O–H groups in total. The summed E-state index contributed by atoms with van der Waals surface area (Å²) in [4.78, 5) is 18.0. The van der Waals surface area contributed by atoms with E-state index in [0.29, 0.717) is 11.1 Å². The van der Waals surface area contributed by atoms with E-state index in [0.717, 1.165) is 9.09 Å². The maximum Gasteiger partial charge on any atom is 0.254 e. The third-order valence-corrected chi connectivity index (χ3v) is 2.82. The first kappa shape index (κ1) is 8.96. The van der Waals surface area contributed by atoms with Gasteiger partial charge in [0, 0.05) is 3.57 Å². The molecule has 0 amide bonds. The molecule has 2 rings (SSSR count). The molecule has 66 valence electrons. The molecule has 0 radical (unpaired) electrons. The summed E-state index contributed by atoms with van der Waals surface area (Å²) in [5.74, 6) is 0. The lowest BCUT2D eigenvalue weighted by Crippen LogP contribution is -1.91. The Morgan fingerprint density at radius 1 is 1.54 bits per heavy atom. The summed E-state index contributed by atoms with van der Waals surface area (Å²) in [6.45, 7) is 0. The first-order chi connectivity index (χ1) is 6.20. The minimum absolute atomic E-state index is 0.467. The molecule has 1 aromatic carbocycles. The standard InChI is InChI=1S/C8H4ClIN2O/c9-8(13)4-1-2-5(10)7-6(4)11-3-12-7/h1-3H,(H,11,12). The van der Waals surface area contributed by atoms with Crippen molar-refractivity contribution in [2.45, 2.75) is 0 Å². The Bertz CT molecular complexity index is 480. The highest BCUT2D eigenvalue weighted by atomic mass is 127. The Labute approximate surface area is 92.6 Å². The van der Waals surface area contributed by atoms with Gasteiger partial charge in [0.25, 0.3) is 5.24 Å². The Hall–Kier alpha value is -0.620. The second-order valence-electron chi connectivity index (χ2n) is 2.49. The third kappa shape index (κ3) is 1.44. The Balaban J connectivity index is 2.86. The molecule has 1 heterocycles. The van der Waals surface area contributed by atoms with E-state index in [4.69, 9.17) is 11.6 Å². The number of aromatic amines is 1. The molecule has 3 nitrogen and oxygen atoms in total. The molecule has 1 aromatic heterocycles. The number of carbonyl (C=O) groups is 1. The molecule has 13 heavy (non-hydrogen) atoms. The highest BCUT2D eigenvalue weighted by molar-refractivity contribution is 14.1. The van der Waals surface area contributed by atoms with Crippen LogP contribution in [0.4, 0.5) is 0 Å². The summed E-state index contributed by atoms with van der Waals surface area (Å²) >= 11 is 7.56. The summed E-state index contributed by atoms with van der Waals surface area (Å²) in [7, 11) is 0. The molecule has 0 spiro atoms. The average Bonchev–Trinajstić information content (AvgIpc) is 2.53. The number of rotatable bonds is 1. The molecule has 0 fully saturated rings. The van der Waals surface area contributed by atoms with Gasteiger partial charge >= 0.3 is 0 Å². The number of nitrogens with zero attached hydrogens (tertiary/aromatic N) is 1. The van der Waals surface area contributed by atoms with Crippen LogP contribution in [0, 0.1) is 3.57 Å². The van der Waals surface area contributed by atoms with E-state index in [1.165, 1.54) is 0 Å². The number of halogens is 2. The number of fused-ring (bicyclic) bond motifs is 1. The van der Waals surface area contributed by atoms with Gasteiger partial charge in [-0.3, -0.25) is 4.79 Å². The van der Waals surface area contributed by atoms with E-state index >= 15 is 0 Å². The van der Waals surface area contributed by atoms with E-state index < -0.39 is 5.24 Å². The van der Waals surface area contributed by atoms with Crippen LogP contribution in [0.15, 0.2) is 18.5 Å². The molecular formula is C8H4ClIN2O. The van der Waals surface area contributed by atoms with Crippen molar-refractivity contribution in [1.82, 2.24) is 9.97 Å². The highest BCUT2D eigenvalue weighted by Crippen LogP contribution is 2.21. The maximum absolute atomic E-state index is 11.0. The summed E-state index contributed by atoms with van der Waals surface area (Å²) < 4.78 is 0.996. The first-order valence-corrected chi connectivity index (χ1v) is 4.97. The number of imidazole rings is 1. The van der Waals surface area contributed by atoms with Crippen LogP contribution < -0.4 is 0 Å². The number of benzene rings is 1. The molecule has 0 saturated heterocycles. The van der Waals surface area contributed by atoms with Gasteiger partial charge in [0.1, 0.15) is 5.52 Å². The van der Waals surface area contributed by atoms with Gasteiger partial charge in [0.05, 0.1) is 17.4 Å². The van der Waals surface area contributed by atoms with Crippen molar-refractivity contribution in [2.24, 2.45) is 0 Å². The summed E-state index contributed by atoms with van der Waals surface area (Å²) in [5.41, 5.74) is 1.95. The van der Waals surface area contributed by atoms with E-state index in [1.807, 2.05) is 6.07 Å². The fourth-order valence-corrected chi connectivity index (χ4v) is 1.91. The van der Waals surface area contributed by atoms with Crippen molar-refractivity contribution >= 4 is 50.5 Å². The molecule has 0 saturated carbocycles. The zero-order valence-electron chi connectivity index (χ0n) is 6.34. The predicted molar refractivity (Wildman–Crippen MR) is 59.0 cm³/mol. The van der Waals surface area contributed by atoms with Gasteiger partial charge in [-0.15, -0.1) is 0 Å². The fraction of sp³-hybridized carbons (Fsp3) is 0. The van der Waals surface area contributed by atoms with Gasteiger partial charge in [-0.2, -0.15) is 0 Å². The number of nitrogens with one attached hydrogen (secondary N) is 1. The second-order valence-corrected chi connectivity index (χ2v) is 4.00. The van der Waals surface area contributed by atoms with Crippen molar-refractivity contribution < 1.29 is 4.79 Å². The Morgan fingerprint density at radius 3 is 3.00 bits per heavy atom. The Kier molecular flexibility index (Phi) is 2.25. The maximum atomic E-state index is 11.0. The van der Waals surface area contributed by atoms with Crippen LogP contribution in [0.5, 0.6) is 0 Å². The third-order valence-electron chi connectivity index (χ3n) is 1.74. The largest absolute Gasteiger partial charge is 0.344 e. The topological polar surface area (TPSA) is 45.8 Å².